The molecule has 0 radical (unpaired) electrons. The van der Waals surface area contributed by atoms with Gasteiger partial charge in [-0.2, -0.15) is 0 Å². The maximum atomic E-state index is 11.2. The molecule has 1 saturated heterocycles. The number of imide groups is 1. The number of likely N-dealkylation sites (tertiary alicyclic amines) is 1. The Bertz CT molecular complexity index is 307. The molecule has 1 heterocycles. The van der Waals surface area contributed by atoms with Gasteiger partial charge in [0.05, 0.1) is 11.3 Å². The van der Waals surface area contributed by atoms with E-state index in [1.807, 2.05) is 0 Å². The summed E-state index contributed by atoms with van der Waals surface area (Å²) in [5.74, 6) is -0.787. The molecular weight excluding hydrogens is 154 g/mol. The van der Waals surface area contributed by atoms with Gasteiger partial charge in [-0.25, -0.2) is 4.90 Å². The van der Waals surface area contributed by atoms with Crippen LogP contribution in [0.15, 0.2) is 36.6 Å². The van der Waals surface area contributed by atoms with Crippen LogP contribution in [0.25, 0.3) is 0 Å². The Morgan fingerprint density at radius 1 is 1.42 bits per heavy atom. The fraction of sp³-hybridized carbons (Fsp3) is 0.111. The molecule has 12 heavy (non-hydrogen) atoms. The molecule has 2 amide bonds. The van der Waals surface area contributed by atoms with Crippen molar-refractivity contribution in [1.29, 1.82) is 0 Å². The molecular formula is C9H9NO2. The van der Waals surface area contributed by atoms with Gasteiger partial charge in [0.2, 0.25) is 0 Å². The molecule has 0 spiro atoms. The average Bonchev–Trinajstić information content (AvgIpc) is 2.03. The number of carbonyl (C=O) groups is 2. The summed E-state index contributed by atoms with van der Waals surface area (Å²) in [6, 6.07) is 0. The van der Waals surface area contributed by atoms with Crippen molar-refractivity contribution in [1.82, 2.24) is 4.90 Å². The number of nitrogens with zero attached hydrogens (tertiary/aromatic N) is 1. The SMILES string of the molecule is C=C(C)C(=O)N1C(=C)C(=C)C1=O. The molecule has 0 N–H and O–H groups in total. The van der Waals surface area contributed by atoms with Crippen molar-refractivity contribution in [3.05, 3.63) is 36.6 Å². The lowest BCUT2D eigenvalue weighted by Crippen LogP contribution is -2.47. The van der Waals surface area contributed by atoms with Gasteiger partial charge in [-0.05, 0) is 6.92 Å². The highest BCUT2D eigenvalue weighted by Crippen LogP contribution is 2.27. The summed E-state index contributed by atoms with van der Waals surface area (Å²) in [5, 5.41) is 0. The van der Waals surface area contributed by atoms with E-state index in [4.69, 9.17) is 0 Å². The highest BCUT2D eigenvalue weighted by molar-refractivity contribution is 6.19. The number of carbonyl (C=O) groups excluding carboxylic acids is 2. The van der Waals surface area contributed by atoms with Crippen LogP contribution in [0.3, 0.4) is 0 Å². The minimum absolute atomic E-state index is 0.296. The van der Waals surface area contributed by atoms with E-state index >= 15 is 0 Å². The van der Waals surface area contributed by atoms with E-state index < -0.39 is 5.91 Å². The normalized spacial score (nSPS) is 16.1. The first kappa shape index (κ1) is 8.46. The second kappa shape index (κ2) is 2.44. The first-order valence-electron chi connectivity index (χ1n) is 3.39. The molecule has 62 valence electrons. The lowest BCUT2D eigenvalue weighted by atomic mass is 10.0. The van der Waals surface area contributed by atoms with Crippen molar-refractivity contribution >= 4 is 11.8 Å². The topological polar surface area (TPSA) is 37.4 Å². The maximum absolute atomic E-state index is 11.2. The third-order valence-corrected chi connectivity index (χ3v) is 1.65. The van der Waals surface area contributed by atoms with E-state index in [1.54, 1.807) is 6.92 Å². The van der Waals surface area contributed by atoms with E-state index in [0.717, 1.165) is 4.90 Å². The summed E-state index contributed by atoms with van der Waals surface area (Å²) in [6.45, 7) is 11.9. The highest BCUT2D eigenvalue weighted by atomic mass is 16.2. The summed E-state index contributed by atoms with van der Waals surface area (Å²) in [4.78, 5) is 23.2. The van der Waals surface area contributed by atoms with Gasteiger partial charge in [0.15, 0.2) is 0 Å². The molecule has 1 aliphatic heterocycles. The van der Waals surface area contributed by atoms with Gasteiger partial charge in [0, 0.05) is 5.57 Å². The molecule has 0 atom stereocenters. The van der Waals surface area contributed by atoms with Crippen molar-refractivity contribution in [3.63, 3.8) is 0 Å². The first-order chi connectivity index (χ1) is 5.46. The zero-order valence-electron chi connectivity index (χ0n) is 6.89. The van der Waals surface area contributed by atoms with Crippen molar-refractivity contribution in [2.24, 2.45) is 0 Å². The van der Waals surface area contributed by atoms with Gasteiger partial charge in [0.1, 0.15) is 0 Å². The summed E-state index contributed by atoms with van der Waals surface area (Å²) in [5.41, 5.74) is 0.981. The molecule has 1 fully saturated rings. The number of amides is 2. The molecule has 0 unspecified atom stereocenters. The third-order valence-electron chi connectivity index (χ3n) is 1.65. The number of β-lactam (4-membered cyclic amide) rings is 1. The van der Waals surface area contributed by atoms with E-state index in [-0.39, 0.29) is 5.91 Å². The van der Waals surface area contributed by atoms with Gasteiger partial charge in [-0.3, -0.25) is 9.59 Å². The van der Waals surface area contributed by atoms with Crippen LogP contribution < -0.4 is 0 Å². The largest absolute Gasteiger partial charge is 0.269 e. The fourth-order valence-corrected chi connectivity index (χ4v) is 0.869. The molecule has 0 aromatic heterocycles. The van der Waals surface area contributed by atoms with Gasteiger partial charge >= 0.3 is 0 Å². The molecule has 3 nitrogen and oxygen atoms in total. The monoisotopic (exact) mass is 163 g/mol. The van der Waals surface area contributed by atoms with Gasteiger partial charge in [-0.15, -0.1) is 0 Å². The lowest BCUT2D eigenvalue weighted by Gasteiger charge is -2.32. The van der Waals surface area contributed by atoms with Crippen LogP contribution in [0.4, 0.5) is 0 Å². The summed E-state index contributed by atoms with van der Waals surface area (Å²) in [6.07, 6.45) is 0. The van der Waals surface area contributed by atoms with Crippen molar-refractivity contribution in [3.8, 4) is 0 Å². The summed E-state index contributed by atoms with van der Waals surface area (Å²) < 4.78 is 0. The van der Waals surface area contributed by atoms with Gasteiger partial charge in [0.25, 0.3) is 11.8 Å². The van der Waals surface area contributed by atoms with Crippen LogP contribution in [0.1, 0.15) is 6.92 Å². The predicted molar refractivity (Wildman–Crippen MR) is 44.9 cm³/mol. The van der Waals surface area contributed by atoms with Crippen molar-refractivity contribution in [2.45, 2.75) is 6.92 Å². The van der Waals surface area contributed by atoms with Gasteiger partial charge < -0.3 is 0 Å². The van der Waals surface area contributed by atoms with E-state index in [1.165, 1.54) is 0 Å². The van der Waals surface area contributed by atoms with Crippen molar-refractivity contribution < 1.29 is 9.59 Å². The van der Waals surface area contributed by atoms with Crippen LogP contribution in [-0.2, 0) is 9.59 Å². The standard InChI is InChI=1S/C9H9NO2/c1-5(2)8(11)10-7(4)6(3)9(10)12/h1,3-4H2,2H3. The second-order valence-corrected chi connectivity index (χ2v) is 2.65. The Balaban J connectivity index is 2.88. The molecule has 1 rings (SSSR count). The second-order valence-electron chi connectivity index (χ2n) is 2.65. The number of hydrogen-bond acceptors (Lipinski definition) is 2. The minimum Gasteiger partial charge on any atom is -0.269 e. The molecule has 0 aliphatic carbocycles. The Kier molecular flexibility index (Phi) is 1.72. The molecule has 1 aliphatic rings. The number of rotatable bonds is 1. The van der Waals surface area contributed by atoms with Crippen LogP contribution in [-0.4, -0.2) is 16.7 Å². The third kappa shape index (κ3) is 0.906. The smallest absolute Gasteiger partial charge is 0.266 e. The molecule has 0 aromatic rings. The Labute approximate surface area is 70.7 Å². The van der Waals surface area contributed by atoms with Crippen LogP contribution in [0, 0.1) is 0 Å². The van der Waals surface area contributed by atoms with Crippen LogP contribution >= 0.6 is 0 Å². The number of hydrogen-bond donors (Lipinski definition) is 0. The van der Waals surface area contributed by atoms with E-state index in [2.05, 4.69) is 19.7 Å². The average molecular weight is 163 g/mol. The zero-order chi connectivity index (χ0) is 9.46. The maximum Gasteiger partial charge on any atom is 0.266 e. The minimum atomic E-state index is -0.405. The lowest BCUT2D eigenvalue weighted by molar-refractivity contribution is -0.141. The first-order valence-corrected chi connectivity index (χ1v) is 3.39. The Hall–Kier alpha value is -1.64. The summed E-state index contributed by atoms with van der Waals surface area (Å²) >= 11 is 0. The quantitative estimate of drug-likeness (QED) is 0.427. The Morgan fingerprint density at radius 3 is 2.25 bits per heavy atom. The van der Waals surface area contributed by atoms with Crippen LogP contribution in [0.2, 0.25) is 0 Å². The fourth-order valence-electron chi connectivity index (χ4n) is 0.869. The summed E-state index contributed by atoms with van der Waals surface area (Å²) in [7, 11) is 0. The van der Waals surface area contributed by atoms with E-state index in [9.17, 15) is 9.59 Å². The zero-order valence-corrected chi connectivity index (χ0v) is 6.89. The molecule has 0 aromatic carbocycles. The molecule has 3 heteroatoms. The highest BCUT2D eigenvalue weighted by Gasteiger charge is 2.38. The van der Waals surface area contributed by atoms with Crippen LogP contribution in [0.5, 0.6) is 0 Å². The van der Waals surface area contributed by atoms with Gasteiger partial charge in [-0.1, -0.05) is 19.7 Å². The molecule has 0 saturated carbocycles. The predicted octanol–water partition coefficient (Wildman–Crippen LogP) is 1.00. The van der Waals surface area contributed by atoms with E-state index in [0.29, 0.717) is 16.8 Å². The Morgan fingerprint density at radius 2 is 1.92 bits per heavy atom. The molecule has 0 bridgehead atoms. The van der Waals surface area contributed by atoms with Crippen molar-refractivity contribution in [2.75, 3.05) is 0 Å².